The van der Waals surface area contributed by atoms with Crippen LogP contribution in [0.3, 0.4) is 0 Å². The molecule has 2 aromatic carbocycles. The first-order valence-electron chi connectivity index (χ1n) is 10.2. The van der Waals surface area contributed by atoms with Crippen molar-refractivity contribution >= 4 is 22.8 Å². The summed E-state index contributed by atoms with van der Waals surface area (Å²) >= 11 is 0. The number of carbonyl (C=O) groups excluding carboxylic acids is 1. The number of aromatic nitrogens is 2. The second-order valence-corrected chi connectivity index (χ2v) is 7.77. The van der Waals surface area contributed by atoms with E-state index < -0.39 is 35.2 Å². The van der Waals surface area contributed by atoms with Gasteiger partial charge in [0.25, 0.3) is 5.56 Å². The fraction of sp³-hybridized carbons (Fsp3) is 0.304. The van der Waals surface area contributed by atoms with Crippen molar-refractivity contribution in [3.05, 3.63) is 81.0 Å². The molecule has 1 N–H and O–H groups in total. The molecule has 3 aromatic rings. The summed E-state index contributed by atoms with van der Waals surface area (Å²) in [6.45, 7) is 0.281. The lowest BCUT2D eigenvalue weighted by Crippen LogP contribution is -2.50. The number of fused-ring (bicyclic) bond motifs is 1. The summed E-state index contributed by atoms with van der Waals surface area (Å²) in [4.78, 5) is 53.1. The topological polar surface area (TPSA) is 102 Å². The summed E-state index contributed by atoms with van der Waals surface area (Å²) in [5.41, 5.74) is 0.0846. The van der Waals surface area contributed by atoms with Gasteiger partial charge in [-0.1, -0.05) is 42.5 Å². The van der Waals surface area contributed by atoms with Gasteiger partial charge in [-0.25, -0.2) is 14.2 Å². The van der Waals surface area contributed by atoms with E-state index in [1.54, 1.807) is 31.3 Å². The number of aryl methyl sites for hydroxylation is 1. The highest BCUT2D eigenvalue weighted by atomic mass is 16.4. The number of hydrogen-bond acceptors (Lipinski definition) is 4. The molecule has 0 aliphatic carbocycles. The van der Waals surface area contributed by atoms with Crippen LogP contribution in [0, 0.1) is 0 Å². The van der Waals surface area contributed by atoms with Crippen LogP contribution in [0.1, 0.15) is 24.4 Å². The zero-order valence-corrected chi connectivity index (χ0v) is 17.1. The van der Waals surface area contributed by atoms with Crippen LogP contribution in [-0.2, 0) is 23.1 Å². The molecule has 2 heterocycles. The lowest BCUT2D eigenvalue weighted by molar-refractivity contribution is -0.149. The predicted molar refractivity (Wildman–Crippen MR) is 115 cm³/mol. The number of carboxylic acids is 1. The van der Waals surface area contributed by atoms with Crippen LogP contribution in [0.5, 0.6) is 0 Å². The van der Waals surface area contributed by atoms with E-state index in [0.29, 0.717) is 23.7 Å². The minimum Gasteiger partial charge on any atom is -0.480 e. The van der Waals surface area contributed by atoms with E-state index in [9.17, 15) is 24.3 Å². The Morgan fingerprint density at radius 1 is 1.06 bits per heavy atom. The van der Waals surface area contributed by atoms with Crippen LogP contribution < -0.4 is 11.2 Å². The largest absolute Gasteiger partial charge is 0.480 e. The molecule has 4 rings (SSSR count). The van der Waals surface area contributed by atoms with Gasteiger partial charge in [-0.2, -0.15) is 0 Å². The van der Waals surface area contributed by atoms with Gasteiger partial charge in [0, 0.05) is 20.0 Å². The smallest absolute Gasteiger partial charge is 0.331 e. The van der Waals surface area contributed by atoms with Crippen LogP contribution in [0.4, 0.5) is 0 Å². The summed E-state index contributed by atoms with van der Waals surface area (Å²) in [5, 5.41) is 9.87. The number of benzene rings is 2. The first-order chi connectivity index (χ1) is 14.9. The number of amides is 1. The maximum atomic E-state index is 13.6. The van der Waals surface area contributed by atoms with Gasteiger partial charge in [0.15, 0.2) is 0 Å². The monoisotopic (exact) mass is 421 g/mol. The third-order valence-electron chi connectivity index (χ3n) is 5.90. The minimum absolute atomic E-state index is 0.107. The Kier molecular flexibility index (Phi) is 5.46. The molecular weight excluding hydrogens is 398 g/mol. The van der Waals surface area contributed by atoms with Gasteiger partial charge in [0.05, 0.1) is 10.9 Å². The molecule has 8 nitrogen and oxygen atoms in total. The van der Waals surface area contributed by atoms with Crippen molar-refractivity contribution in [2.75, 3.05) is 6.54 Å². The van der Waals surface area contributed by atoms with Gasteiger partial charge >= 0.3 is 11.7 Å². The highest BCUT2D eigenvalue weighted by molar-refractivity contribution is 5.87. The first kappa shape index (κ1) is 20.6. The molecular formula is C23H23N3O5. The number of likely N-dealkylation sites (tertiary alicyclic amines) is 1. The summed E-state index contributed by atoms with van der Waals surface area (Å²) in [7, 11) is 1.56. The number of aliphatic carboxylic acids is 1. The van der Waals surface area contributed by atoms with Crippen molar-refractivity contribution in [2.45, 2.75) is 31.3 Å². The maximum Gasteiger partial charge on any atom is 0.331 e. The standard InChI is InChI=1S/C23H23N3O5/c1-24-17-11-6-5-10-16(17)20(27)26(23(24)31)19(14-15-8-3-2-4-9-15)21(28)25-13-7-12-18(25)22(29)30/h2-6,8-11,18-19H,7,12-14H2,1H3,(H,29,30). The Morgan fingerprint density at radius 2 is 1.74 bits per heavy atom. The third-order valence-corrected chi connectivity index (χ3v) is 5.90. The predicted octanol–water partition coefficient (Wildman–Crippen LogP) is 1.56. The molecule has 160 valence electrons. The Hall–Kier alpha value is -3.68. The summed E-state index contributed by atoms with van der Waals surface area (Å²) in [6, 6.07) is 13.7. The Balaban J connectivity index is 1.90. The molecule has 8 heteroatoms. The van der Waals surface area contributed by atoms with Crippen LogP contribution >= 0.6 is 0 Å². The van der Waals surface area contributed by atoms with Crippen molar-refractivity contribution in [3.63, 3.8) is 0 Å². The minimum atomic E-state index is -1.14. The molecule has 2 atom stereocenters. The van der Waals surface area contributed by atoms with Crippen LogP contribution in [0.2, 0.25) is 0 Å². The van der Waals surface area contributed by atoms with Crippen molar-refractivity contribution in [1.82, 2.24) is 14.0 Å². The molecule has 1 aromatic heterocycles. The fourth-order valence-corrected chi connectivity index (χ4v) is 4.31. The SMILES string of the molecule is Cn1c(=O)n(C(Cc2ccccc2)C(=O)N2CCCC2C(=O)O)c(=O)c2ccccc21. The van der Waals surface area contributed by atoms with Crippen molar-refractivity contribution < 1.29 is 14.7 Å². The van der Waals surface area contributed by atoms with Crippen molar-refractivity contribution in [1.29, 1.82) is 0 Å². The van der Waals surface area contributed by atoms with E-state index in [0.717, 1.165) is 10.1 Å². The van der Waals surface area contributed by atoms with E-state index in [1.165, 1.54) is 9.47 Å². The lowest BCUT2D eigenvalue weighted by atomic mass is 10.0. The van der Waals surface area contributed by atoms with E-state index in [2.05, 4.69) is 0 Å². The summed E-state index contributed by atoms with van der Waals surface area (Å²) < 4.78 is 2.33. The lowest BCUT2D eigenvalue weighted by Gasteiger charge is -2.28. The molecule has 1 aliphatic heterocycles. The van der Waals surface area contributed by atoms with E-state index in [4.69, 9.17) is 0 Å². The molecule has 1 amide bonds. The number of carbonyl (C=O) groups is 2. The van der Waals surface area contributed by atoms with Gasteiger partial charge in [0.1, 0.15) is 12.1 Å². The van der Waals surface area contributed by atoms with E-state index in [1.807, 2.05) is 30.3 Å². The number of hydrogen-bond donors (Lipinski definition) is 1. The second-order valence-electron chi connectivity index (χ2n) is 7.77. The first-order valence-corrected chi connectivity index (χ1v) is 10.2. The Morgan fingerprint density at radius 3 is 2.45 bits per heavy atom. The fourth-order valence-electron chi connectivity index (χ4n) is 4.31. The van der Waals surface area contributed by atoms with Gasteiger partial charge in [-0.15, -0.1) is 0 Å². The quantitative estimate of drug-likeness (QED) is 0.674. The molecule has 31 heavy (non-hydrogen) atoms. The molecule has 2 unspecified atom stereocenters. The molecule has 1 fully saturated rings. The van der Waals surface area contributed by atoms with Crippen molar-refractivity contribution in [2.24, 2.45) is 7.05 Å². The van der Waals surface area contributed by atoms with Gasteiger partial charge in [0.2, 0.25) is 5.91 Å². The Labute approximate surface area is 178 Å². The second kappa shape index (κ2) is 8.22. The average Bonchev–Trinajstić information content (AvgIpc) is 3.28. The molecule has 0 saturated carbocycles. The molecule has 1 aliphatic rings. The van der Waals surface area contributed by atoms with E-state index in [-0.39, 0.29) is 13.0 Å². The highest BCUT2D eigenvalue weighted by Gasteiger charge is 2.39. The highest BCUT2D eigenvalue weighted by Crippen LogP contribution is 2.24. The number of carboxylic acid groups (broad SMARTS) is 1. The van der Waals surface area contributed by atoms with Crippen molar-refractivity contribution in [3.8, 4) is 0 Å². The molecule has 0 radical (unpaired) electrons. The van der Waals surface area contributed by atoms with E-state index >= 15 is 0 Å². The van der Waals surface area contributed by atoms with Gasteiger partial charge in [-0.05, 0) is 30.5 Å². The number of rotatable bonds is 5. The Bertz CT molecular complexity index is 1260. The third kappa shape index (κ3) is 3.65. The van der Waals surface area contributed by atoms with Crippen LogP contribution in [-0.4, -0.2) is 43.6 Å². The summed E-state index contributed by atoms with van der Waals surface area (Å²) in [6.07, 6.45) is 1.02. The van der Waals surface area contributed by atoms with Gasteiger partial charge in [-0.3, -0.25) is 14.2 Å². The molecule has 0 bridgehead atoms. The zero-order valence-electron chi connectivity index (χ0n) is 17.1. The maximum absolute atomic E-state index is 13.6. The zero-order chi connectivity index (χ0) is 22.1. The average molecular weight is 421 g/mol. The van der Waals surface area contributed by atoms with Crippen LogP contribution in [0.25, 0.3) is 10.9 Å². The normalized spacial score (nSPS) is 17.1. The molecule has 0 spiro atoms. The number of para-hydroxylation sites is 1. The van der Waals surface area contributed by atoms with Gasteiger partial charge < -0.3 is 10.0 Å². The molecule has 1 saturated heterocycles. The summed E-state index contributed by atoms with van der Waals surface area (Å²) in [5.74, 6) is -1.61. The van der Waals surface area contributed by atoms with Crippen LogP contribution in [0.15, 0.2) is 64.2 Å². The number of nitrogens with zero attached hydrogens (tertiary/aromatic N) is 3.